The van der Waals surface area contributed by atoms with Crippen molar-refractivity contribution >= 4 is 58.8 Å². The number of likely N-dealkylation sites (tertiary alicyclic amines) is 1. The first-order valence-corrected chi connectivity index (χ1v) is 12.6. The smallest absolute Gasteiger partial charge is 0.323 e. The van der Waals surface area contributed by atoms with Crippen molar-refractivity contribution in [2.24, 2.45) is 29.6 Å². The molecule has 2 N–H and O–H groups in total. The third-order valence-electron chi connectivity index (χ3n) is 7.57. The zero-order chi connectivity index (χ0) is 23.2. The zero-order valence-corrected chi connectivity index (χ0v) is 19.3. The molecular weight excluding hydrogens is 486 g/mol. The van der Waals surface area contributed by atoms with Gasteiger partial charge in [0.2, 0.25) is 11.8 Å². The van der Waals surface area contributed by atoms with Crippen LogP contribution in [0.5, 0.6) is 0 Å². The number of aliphatic carboxylic acids is 1. The quantitative estimate of drug-likeness (QED) is 0.281. The van der Waals surface area contributed by atoms with E-state index in [1.807, 2.05) is 0 Å². The van der Waals surface area contributed by atoms with Gasteiger partial charge in [-0.1, -0.05) is 12.1 Å². The van der Waals surface area contributed by atoms with Crippen molar-refractivity contribution in [2.75, 3.05) is 6.54 Å². The zero-order valence-electron chi connectivity index (χ0n) is 16.9. The van der Waals surface area contributed by atoms with Gasteiger partial charge in [0, 0.05) is 28.2 Å². The van der Waals surface area contributed by atoms with Gasteiger partial charge in [-0.05, 0) is 42.0 Å². The molecular formula is C21H17N3O6S3. The van der Waals surface area contributed by atoms with Crippen molar-refractivity contribution in [3.05, 3.63) is 48.8 Å². The third kappa shape index (κ3) is 2.90. The van der Waals surface area contributed by atoms with Crippen LogP contribution < -0.4 is 0 Å². The molecule has 2 saturated carbocycles. The lowest BCUT2D eigenvalue weighted by molar-refractivity contribution is -0.384. The second kappa shape index (κ2) is 7.21. The highest BCUT2D eigenvalue weighted by molar-refractivity contribution is 8.00. The van der Waals surface area contributed by atoms with Crippen LogP contribution in [0.4, 0.5) is 5.69 Å². The van der Waals surface area contributed by atoms with Gasteiger partial charge in [-0.3, -0.25) is 29.4 Å². The number of hydrogen-bond donors (Lipinski definition) is 2. The Balaban J connectivity index is 1.44. The number of rotatable bonds is 4. The topological polar surface area (TPSA) is 134 Å². The Hall–Kier alpha value is -2.57. The summed E-state index contributed by atoms with van der Waals surface area (Å²) in [4.78, 5) is 53.4. The maximum absolute atomic E-state index is 13.1. The summed E-state index contributed by atoms with van der Waals surface area (Å²) in [5, 5.41) is 21.4. The number of nitro benzene ring substituents is 1. The van der Waals surface area contributed by atoms with Crippen LogP contribution in [-0.2, 0) is 14.4 Å². The van der Waals surface area contributed by atoms with Crippen LogP contribution >= 0.6 is 35.3 Å². The van der Waals surface area contributed by atoms with Crippen molar-refractivity contribution in [2.45, 2.75) is 22.6 Å². The molecule has 3 heterocycles. The van der Waals surface area contributed by atoms with Gasteiger partial charge in [-0.15, -0.1) is 23.1 Å². The maximum atomic E-state index is 13.1. The van der Waals surface area contributed by atoms with Crippen LogP contribution in [0.1, 0.15) is 22.8 Å². The van der Waals surface area contributed by atoms with Crippen LogP contribution in [0.25, 0.3) is 0 Å². The monoisotopic (exact) mass is 503 g/mol. The molecule has 1 saturated heterocycles. The van der Waals surface area contributed by atoms with Gasteiger partial charge in [0.25, 0.3) is 5.69 Å². The van der Waals surface area contributed by atoms with Gasteiger partial charge in [0.1, 0.15) is 6.54 Å². The fourth-order valence-electron chi connectivity index (χ4n) is 6.55. The molecule has 7 atom stereocenters. The minimum Gasteiger partial charge on any atom is -0.480 e. The van der Waals surface area contributed by atoms with Crippen molar-refractivity contribution < 1.29 is 24.4 Å². The Kier molecular flexibility index (Phi) is 4.59. The first-order valence-electron chi connectivity index (χ1n) is 10.5. The number of carboxylic acid groups (broad SMARTS) is 1. The molecule has 3 fully saturated rings. The van der Waals surface area contributed by atoms with Gasteiger partial charge >= 0.3 is 5.97 Å². The van der Waals surface area contributed by atoms with E-state index in [0.29, 0.717) is 3.95 Å². The fourth-order valence-corrected chi connectivity index (χ4v) is 9.88. The molecule has 0 radical (unpaired) electrons. The lowest BCUT2D eigenvalue weighted by Gasteiger charge is -2.43. The fraction of sp³-hybridized carbons (Fsp3) is 0.429. The van der Waals surface area contributed by atoms with E-state index in [0.717, 1.165) is 26.8 Å². The van der Waals surface area contributed by atoms with Gasteiger partial charge in [-0.2, -0.15) is 0 Å². The number of nitro groups is 1. The minimum absolute atomic E-state index is 0.0105. The van der Waals surface area contributed by atoms with Gasteiger partial charge in [-0.25, -0.2) is 0 Å². The Morgan fingerprint density at radius 2 is 1.88 bits per heavy atom. The van der Waals surface area contributed by atoms with Crippen LogP contribution in [0.3, 0.4) is 0 Å². The number of amides is 2. The van der Waals surface area contributed by atoms with E-state index in [1.165, 1.54) is 23.5 Å². The van der Waals surface area contributed by atoms with Gasteiger partial charge in [0.05, 0.1) is 21.8 Å². The van der Waals surface area contributed by atoms with E-state index in [2.05, 4.69) is 4.98 Å². The first-order chi connectivity index (χ1) is 15.8. The summed E-state index contributed by atoms with van der Waals surface area (Å²) in [7, 11) is 0. The molecule has 1 aromatic carbocycles. The second-order valence-corrected chi connectivity index (χ2v) is 11.9. The molecule has 33 heavy (non-hydrogen) atoms. The number of thiazole rings is 1. The van der Waals surface area contributed by atoms with Crippen molar-refractivity contribution in [3.8, 4) is 0 Å². The number of fused-ring (bicyclic) bond motifs is 9. The molecule has 9 nitrogen and oxygen atoms in total. The minimum atomic E-state index is -1.20. The number of carboxylic acids is 1. The number of carbonyl (C=O) groups is 3. The number of non-ortho nitro benzene ring substituents is 1. The highest BCUT2D eigenvalue weighted by atomic mass is 32.2. The molecule has 2 bridgehead atoms. The molecule has 170 valence electrons. The van der Waals surface area contributed by atoms with Crippen LogP contribution in [-0.4, -0.2) is 49.5 Å². The van der Waals surface area contributed by atoms with Crippen molar-refractivity contribution in [1.29, 1.82) is 0 Å². The predicted molar refractivity (Wildman–Crippen MR) is 121 cm³/mol. The third-order valence-corrected chi connectivity index (χ3v) is 10.5. The Morgan fingerprint density at radius 1 is 1.21 bits per heavy atom. The number of imide groups is 1. The summed E-state index contributed by atoms with van der Waals surface area (Å²) in [6, 6.07) is 6.52. The first kappa shape index (κ1) is 21.0. The Bertz CT molecular complexity index is 1290. The molecule has 12 heteroatoms. The highest BCUT2D eigenvalue weighted by Crippen LogP contribution is 2.68. The average Bonchev–Trinajstić information content (AvgIpc) is 3.49. The van der Waals surface area contributed by atoms with E-state index >= 15 is 0 Å². The van der Waals surface area contributed by atoms with Gasteiger partial charge in [0.15, 0.2) is 3.95 Å². The summed E-state index contributed by atoms with van der Waals surface area (Å²) in [6.45, 7) is -0.598. The molecule has 0 unspecified atom stereocenters. The normalized spacial score (nSPS) is 33.7. The van der Waals surface area contributed by atoms with E-state index in [4.69, 9.17) is 12.2 Å². The lowest BCUT2D eigenvalue weighted by atomic mass is 9.68. The van der Waals surface area contributed by atoms with Crippen LogP contribution in [0.2, 0.25) is 0 Å². The summed E-state index contributed by atoms with van der Waals surface area (Å²) < 4.78 is 0.645. The van der Waals surface area contributed by atoms with E-state index in [1.54, 1.807) is 23.9 Å². The molecule has 2 aromatic rings. The lowest BCUT2D eigenvalue weighted by Crippen LogP contribution is -2.42. The molecule has 1 aromatic heterocycles. The summed E-state index contributed by atoms with van der Waals surface area (Å²) >= 11 is 8.55. The summed E-state index contributed by atoms with van der Waals surface area (Å²) in [6.07, 6.45) is 0.745. The highest BCUT2D eigenvalue weighted by Gasteiger charge is 2.69. The summed E-state index contributed by atoms with van der Waals surface area (Å²) in [5.41, 5.74) is 0.932. The predicted octanol–water partition coefficient (Wildman–Crippen LogP) is 3.27. The number of carbonyl (C=O) groups excluding carboxylic acids is 2. The second-order valence-electron chi connectivity index (χ2n) is 8.97. The number of nitrogens with zero attached hydrogens (tertiary/aromatic N) is 2. The number of hydrogen-bond acceptors (Lipinski definition) is 8. The number of benzene rings is 1. The Morgan fingerprint density at radius 3 is 2.52 bits per heavy atom. The average molecular weight is 504 g/mol. The van der Waals surface area contributed by atoms with Crippen molar-refractivity contribution in [3.63, 3.8) is 0 Å². The van der Waals surface area contributed by atoms with E-state index < -0.39 is 29.3 Å². The number of aromatic amines is 1. The van der Waals surface area contributed by atoms with Crippen LogP contribution in [0.15, 0.2) is 29.3 Å². The molecule has 2 aliphatic carbocycles. The van der Waals surface area contributed by atoms with Crippen molar-refractivity contribution in [1.82, 2.24) is 9.88 Å². The standard InChI is InChI=1S/C21H17N3O6S3/c25-11(26)6-23-19(27)14-9-5-10(15(14)20(23)28)16-13(9)12(17-18(32-16)22-21(31)33-17)7-1-3-8(4-2-7)24(29)30/h1-4,9-10,12-16H,5-6H2,(H,22,31)(H,25,26)/t9-,10+,12-,13+,14+,15+,16-/m0/s1. The van der Waals surface area contributed by atoms with E-state index in [9.17, 15) is 29.6 Å². The van der Waals surface area contributed by atoms with Gasteiger partial charge < -0.3 is 10.1 Å². The SMILES string of the molecule is O=C(O)CN1C(=O)[C@@H]2[C@H]3C[C@@H]([C@@H]4Sc5[nH]c(=S)sc5[C@@H](c5ccc([N+](=O)[O-])cc5)[C@@H]34)[C@H]2C1=O. The maximum Gasteiger partial charge on any atom is 0.323 e. The molecule has 4 aliphatic rings. The molecule has 2 amide bonds. The number of H-pyrrole nitrogens is 1. The largest absolute Gasteiger partial charge is 0.480 e. The number of aromatic nitrogens is 1. The molecule has 0 spiro atoms. The summed E-state index contributed by atoms with van der Waals surface area (Å²) in [5.74, 6) is -3.05. The van der Waals surface area contributed by atoms with Crippen LogP contribution in [0, 0.1) is 43.7 Å². The number of thioether (sulfide) groups is 1. The Labute approximate surface area is 200 Å². The molecule has 6 rings (SSSR count). The number of nitrogens with one attached hydrogen (secondary N) is 1. The molecule has 2 aliphatic heterocycles. The van der Waals surface area contributed by atoms with E-state index in [-0.39, 0.29) is 46.4 Å².